The number of hydrogen-bond acceptors (Lipinski definition) is 4. The van der Waals surface area contributed by atoms with E-state index in [9.17, 15) is 26.7 Å². The monoisotopic (exact) mass is 574 g/mol. The van der Waals surface area contributed by atoms with Gasteiger partial charge in [0.25, 0.3) is 5.91 Å². The van der Waals surface area contributed by atoms with Crippen LogP contribution in [0.25, 0.3) is 11.0 Å². The molecule has 0 fully saturated rings. The highest BCUT2D eigenvalue weighted by atomic mass is 79.9. The quantitative estimate of drug-likeness (QED) is 0.168. The molecule has 1 amide bonds. The molecule has 182 valence electrons. The molecule has 0 spiro atoms. The molecule has 13 heteroatoms. The van der Waals surface area contributed by atoms with Gasteiger partial charge in [-0.15, -0.1) is 0 Å². The molecule has 1 aromatic heterocycles. The third-order valence-corrected chi connectivity index (χ3v) is 5.51. The lowest BCUT2D eigenvalue weighted by Crippen LogP contribution is -2.21. The number of aromatic nitrogens is 2. The number of H-pyrrole nitrogens is 1. The summed E-state index contributed by atoms with van der Waals surface area (Å²) in [4.78, 5) is 19.7. The van der Waals surface area contributed by atoms with Crippen LogP contribution in [0.4, 0.5) is 39.3 Å². The summed E-state index contributed by atoms with van der Waals surface area (Å²) in [5.41, 5.74) is 0.0735. The van der Waals surface area contributed by atoms with Crippen molar-refractivity contribution in [2.24, 2.45) is 0 Å². The Morgan fingerprint density at radius 2 is 1.77 bits per heavy atom. The number of alkyl halides is 3. The lowest BCUT2D eigenvalue weighted by molar-refractivity contribution is -0.153. The molecular weight excluding hydrogens is 563 g/mol. The van der Waals surface area contributed by atoms with Crippen molar-refractivity contribution in [1.82, 2.24) is 9.97 Å². The maximum atomic E-state index is 14.1. The average molecular weight is 576 g/mol. The number of amides is 1. The smallest absolute Gasteiger partial charge is 0.422 e. The standard InChI is InChI=1S/C22H13BrClF5N4O2/c23-10-1-3-11(4-2-10)30-20(34)12-7-15-16(8-17(12)35-9-22(27,28)29)32-21(31-15)33-19-14(26)6-5-13(25)18(19)24/h1-8H,9H2,(H,30,34)(H2,31,32,33). The first kappa shape index (κ1) is 24.7. The van der Waals surface area contributed by atoms with E-state index in [0.29, 0.717) is 5.69 Å². The molecule has 3 N–H and O–H groups in total. The summed E-state index contributed by atoms with van der Waals surface area (Å²) in [6, 6.07) is 10.6. The van der Waals surface area contributed by atoms with Gasteiger partial charge in [0, 0.05) is 16.2 Å². The van der Waals surface area contributed by atoms with E-state index in [1.807, 2.05) is 0 Å². The molecule has 0 bridgehead atoms. The molecule has 6 nitrogen and oxygen atoms in total. The van der Waals surface area contributed by atoms with Crippen LogP contribution >= 0.6 is 27.5 Å². The number of carbonyl (C=O) groups excluding carboxylic acids is 1. The van der Waals surface area contributed by atoms with Crippen molar-refractivity contribution in [2.75, 3.05) is 17.2 Å². The van der Waals surface area contributed by atoms with Crippen LogP contribution in [-0.4, -0.2) is 28.7 Å². The first-order chi connectivity index (χ1) is 16.5. The summed E-state index contributed by atoms with van der Waals surface area (Å²) in [5.74, 6) is -2.95. The van der Waals surface area contributed by atoms with Crippen molar-refractivity contribution in [3.63, 3.8) is 0 Å². The van der Waals surface area contributed by atoms with E-state index in [2.05, 4.69) is 36.5 Å². The zero-order chi connectivity index (χ0) is 25.3. The molecule has 0 unspecified atom stereocenters. The Morgan fingerprint density at radius 3 is 2.46 bits per heavy atom. The zero-order valence-corrected chi connectivity index (χ0v) is 19.6. The van der Waals surface area contributed by atoms with Gasteiger partial charge < -0.3 is 20.4 Å². The van der Waals surface area contributed by atoms with Gasteiger partial charge in [-0.1, -0.05) is 27.5 Å². The Bertz CT molecular complexity index is 1410. The molecule has 0 atom stereocenters. The van der Waals surface area contributed by atoms with Crippen LogP contribution in [0.2, 0.25) is 5.02 Å². The van der Waals surface area contributed by atoms with E-state index >= 15 is 0 Å². The number of aromatic amines is 1. The van der Waals surface area contributed by atoms with Crippen molar-refractivity contribution in [3.05, 3.63) is 75.2 Å². The predicted octanol–water partition coefficient (Wildman–Crippen LogP) is 7.19. The number of fused-ring (bicyclic) bond motifs is 1. The van der Waals surface area contributed by atoms with Gasteiger partial charge in [0.05, 0.1) is 22.3 Å². The highest BCUT2D eigenvalue weighted by Crippen LogP contribution is 2.32. The number of anilines is 3. The normalized spacial score (nSPS) is 11.5. The van der Waals surface area contributed by atoms with Crippen LogP contribution in [0.15, 0.2) is 53.0 Å². The van der Waals surface area contributed by atoms with Crippen molar-refractivity contribution in [2.45, 2.75) is 6.18 Å². The van der Waals surface area contributed by atoms with E-state index < -0.39 is 41.0 Å². The minimum atomic E-state index is -4.65. The van der Waals surface area contributed by atoms with Gasteiger partial charge in [-0.2, -0.15) is 13.2 Å². The summed E-state index contributed by atoms with van der Waals surface area (Å²) in [7, 11) is 0. The predicted molar refractivity (Wildman–Crippen MR) is 124 cm³/mol. The maximum Gasteiger partial charge on any atom is 0.422 e. The minimum absolute atomic E-state index is 0.0985. The van der Waals surface area contributed by atoms with Crippen LogP contribution in [0, 0.1) is 11.6 Å². The van der Waals surface area contributed by atoms with Gasteiger partial charge in [-0.05, 0) is 42.5 Å². The number of hydrogen-bond donors (Lipinski definition) is 3. The fourth-order valence-electron chi connectivity index (χ4n) is 3.04. The zero-order valence-electron chi connectivity index (χ0n) is 17.2. The Hall–Kier alpha value is -3.38. The van der Waals surface area contributed by atoms with Crippen LogP contribution in [-0.2, 0) is 0 Å². The summed E-state index contributed by atoms with van der Waals surface area (Å²) >= 11 is 9.07. The Kier molecular flexibility index (Phi) is 6.86. The number of carbonyl (C=O) groups is 1. The molecule has 0 saturated carbocycles. The Balaban J connectivity index is 1.70. The van der Waals surface area contributed by atoms with Gasteiger partial charge in [0.15, 0.2) is 6.61 Å². The van der Waals surface area contributed by atoms with E-state index in [4.69, 9.17) is 16.3 Å². The molecular formula is C22H13BrClF5N4O2. The number of imidazole rings is 1. The number of nitrogens with zero attached hydrogens (tertiary/aromatic N) is 1. The molecule has 0 aliphatic carbocycles. The number of nitrogens with one attached hydrogen (secondary N) is 3. The van der Waals surface area contributed by atoms with Gasteiger partial charge in [-0.3, -0.25) is 4.79 Å². The highest BCUT2D eigenvalue weighted by Gasteiger charge is 2.29. The number of benzene rings is 3. The number of rotatable bonds is 6. The van der Waals surface area contributed by atoms with Crippen LogP contribution in [0.3, 0.4) is 0 Å². The first-order valence-electron chi connectivity index (χ1n) is 9.71. The molecule has 0 aliphatic rings. The van der Waals surface area contributed by atoms with Crippen molar-refractivity contribution < 1.29 is 31.5 Å². The molecule has 0 saturated heterocycles. The number of halogens is 7. The second-order valence-corrected chi connectivity index (χ2v) is 8.45. The first-order valence-corrected chi connectivity index (χ1v) is 10.9. The van der Waals surface area contributed by atoms with E-state index in [1.54, 1.807) is 24.3 Å². The molecule has 0 aliphatic heterocycles. The van der Waals surface area contributed by atoms with Crippen molar-refractivity contribution in [1.29, 1.82) is 0 Å². The second kappa shape index (κ2) is 9.70. The lowest BCUT2D eigenvalue weighted by atomic mass is 10.1. The van der Waals surface area contributed by atoms with Crippen LogP contribution in [0.5, 0.6) is 5.75 Å². The lowest BCUT2D eigenvalue weighted by Gasteiger charge is -2.13. The van der Waals surface area contributed by atoms with Gasteiger partial charge >= 0.3 is 6.18 Å². The molecule has 3 aromatic carbocycles. The van der Waals surface area contributed by atoms with Gasteiger partial charge in [0.1, 0.15) is 22.4 Å². The average Bonchev–Trinajstić information content (AvgIpc) is 3.19. The second-order valence-electron chi connectivity index (χ2n) is 7.16. The fourth-order valence-corrected chi connectivity index (χ4v) is 3.51. The molecule has 35 heavy (non-hydrogen) atoms. The summed E-state index contributed by atoms with van der Waals surface area (Å²) in [6.07, 6.45) is -4.65. The summed E-state index contributed by atoms with van der Waals surface area (Å²) < 4.78 is 71.8. The Morgan fingerprint density at radius 1 is 1.09 bits per heavy atom. The molecule has 4 rings (SSSR count). The Labute approximate surface area is 207 Å². The van der Waals surface area contributed by atoms with Crippen molar-refractivity contribution in [3.8, 4) is 5.75 Å². The van der Waals surface area contributed by atoms with Gasteiger partial charge in [-0.25, -0.2) is 13.8 Å². The largest absolute Gasteiger partial charge is 0.483 e. The minimum Gasteiger partial charge on any atom is -0.483 e. The summed E-state index contributed by atoms with van der Waals surface area (Å²) in [6.45, 7) is -1.64. The van der Waals surface area contributed by atoms with Gasteiger partial charge in [0.2, 0.25) is 5.95 Å². The van der Waals surface area contributed by atoms with E-state index in [1.165, 1.54) is 6.07 Å². The third kappa shape index (κ3) is 5.82. The number of ether oxygens (including phenoxy) is 1. The van der Waals surface area contributed by atoms with Crippen LogP contribution < -0.4 is 15.4 Å². The highest BCUT2D eigenvalue weighted by molar-refractivity contribution is 9.10. The molecule has 1 heterocycles. The maximum absolute atomic E-state index is 14.1. The summed E-state index contributed by atoms with van der Waals surface area (Å²) in [5, 5.41) is 4.55. The van der Waals surface area contributed by atoms with E-state index in [0.717, 1.165) is 22.7 Å². The van der Waals surface area contributed by atoms with Crippen LogP contribution in [0.1, 0.15) is 10.4 Å². The SMILES string of the molecule is O=C(Nc1ccc(Br)cc1)c1cc2nc(Nc3c(F)ccc(F)c3Cl)[nH]c2cc1OCC(F)(F)F. The fraction of sp³-hybridized carbons (Fsp3) is 0.0909. The topological polar surface area (TPSA) is 79.0 Å². The third-order valence-electron chi connectivity index (χ3n) is 4.61. The molecule has 0 radical (unpaired) electrons. The van der Waals surface area contributed by atoms with Crippen molar-refractivity contribution >= 4 is 61.8 Å². The van der Waals surface area contributed by atoms with E-state index in [-0.39, 0.29) is 28.3 Å². The molecule has 4 aromatic rings.